The molecule has 0 aliphatic rings. The SMILES string of the molecule is Cc1oc(C)c(S(=O)(=O)NCc2nccs2)c1C(=O)O. The van der Waals surface area contributed by atoms with Crippen molar-refractivity contribution in [1.82, 2.24) is 9.71 Å². The van der Waals surface area contributed by atoms with E-state index in [0.717, 1.165) is 0 Å². The molecule has 7 nitrogen and oxygen atoms in total. The van der Waals surface area contributed by atoms with Gasteiger partial charge in [0, 0.05) is 11.6 Å². The second-order valence-corrected chi connectivity index (χ2v) is 6.66. The third-order valence-electron chi connectivity index (χ3n) is 2.58. The van der Waals surface area contributed by atoms with Crippen molar-refractivity contribution >= 4 is 27.3 Å². The van der Waals surface area contributed by atoms with E-state index in [9.17, 15) is 13.2 Å². The molecule has 0 spiro atoms. The lowest BCUT2D eigenvalue weighted by molar-refractivity contribution is 0.0691. The van der Waals surface area contributed by atoms with E-state index in [0.29, 0.717) is 5.01 Å². The highest BCUT2D eigenvalue weighted by atomic mass is 32.2. The van der Waals surface area contributed by atoms with Crippen molar-refractivity contribution in [3.8, 4) is 0 Å². The third kappa shape index (κ3) is 2.74. The zero-order chi connectivity index (χ0) is 14.9. The van der Waals surface area contributed by atoms with Crippen molar-refractivity contribution in [2.75, 3.05) is 0 Å². The number of hydrogen-bond acceptors (Lipinski definition) is 6. The Kier molecular flexibility index (Phi) is 3.93. The normalized spacial score (nSPS) is 11.7. The van der Waals surface area contributed by atoms with Crippen LogP contribution in [-0.4, -0.2) is 24.5 Å². The van der Waals surface area contributed by atoms with Crippen molar-refractivity contribution in [2.45, 2.75) is 25.3 Å². The molecule has 2 aromatic heterocycles. The summed E-state index contributed by atoms with van der Waals surface area (Å²) in [5, 5.41) is 11.4. The highest BCUT2D eigenvalue weighted by Crippen LogP contribution is 2.26. The Bertz CT molecular complexity index is 731. The van der Waals surface area contributed by atoms with Crippen molar-refractivity contribution in [2.24, 2.45) is 0 Å². The predicted octanol–water partition coefficient (Wildman–Crippen LogP) is 1.53. The van der Waals surface area contributed by atoms with Gasteiger partial charge in [-0.1, -0.05) is 0 Å². The highest BCUT2D eigenvalue weighted by molar-refractivity contribution is 7.89. The summed E-state index contributed by atoms with van der Waals surface area (Å²) in [6.07, 6.45) is 1.56. The first kappa shape index (κ1) is 14.7. The fourth-order valence-electron chi connectivity index (χ4n) is 1.80. The zero-order valence-electron chi connectivity index (χ0n) is 10.7. The molecule has 0 radical (unpaired) electrons. The van der Waals surface area contributed by atoms with E-state index in [-0.39, 0.29) is 28.5 Å². The van der Waals surface area contributed by atoms with E-state index in [1.807, 2.05) is 0 Å². The molecule has 0 aliphatic carbocycles. The molecule has 2 N–H and O–H groups in total. The van der Waals surface area contributed by atoms with Gasteiger partial charge in [-0.2, -0.15) is 0 Å². The highest BCUT2D eigenvalue weighted by Gasteiger charge is 2.30. The van der Waals surface area contributed by atoms with Gasteiger partial charge < -0.3 is 9.52 Å². The van der Waals surface area contributed by atoms with Gasteiger partial charge in [0.05, 0.1) is 6.54 Å². The first-order valence-electron chi connectivity index (χ1n) is 5.54. The Hall–Kier alpha value is -1.71. The van der Waals surface area contributed by atoms with Crippen LogP contribution in [0.15, 0.2) is 20.9 Å². The van der Waals surface area contributed by atoms with E-state index in [4.69, 9.17) is 9.52 Å². The number of thiazole rings is 1. The lowest BCUT2D eigenvalue weighted by atomic mass is 10.2. The molecule has 0 saturated carbocycles. The molecule has 0 aromatic carbocycles. The maximum atomic E-state index is 12.2. The number of carbonyl (C=O) groups is 1. The number of furan rings is 1. The fourth-order valence-corrected chi connectivity index (χ4v) is 3.84. The first-order chi connectivity index (χ1) is 9.33. The third-order valence-corrected chi connectivity index (χ3v) is 4.92. The number of rotatable bonds is 5. The molecule has 2 rings (SSSR count). The van der Waals surface area contributed by atoms with E-state index in [1.165, 1.54) is 25.2 Å². The molecule has 0 saturated heterocycles. The predicted molar refractivity (Wildman–Crippen MR) is 71.3 cm³/mol. The Morgan fingerprint density at radius 2 is 2.15 bits per heavy atom. The summed E-state index contributed by atoms with van der Waals surface area (Å²) in [4.78, 5) is 14.8. The van der Waals surface area contributed by atoms with E-state index in [2.05, 4.69) is 9.71 Å². The van der Waals surface area contributed by atoms with Gasteiger partial charge in [-0.3, -0.25) is 0 Å². The molecule has 2 aromatic rings. The van der Waals surface area contributed by atoms with Crippen LogP contribution in [-0.2, 0) is 16.6 Å². The molecule has 0 atom stereocenters. The second kappa shape index (κ2) is 5.35. The lowest BCUT2D eigenvalue weighted by Gasteiger charge is -2.05. The summed E-state index contributed by atoms with van der Waals surface area (Å²) >= 11 is 1.30. The Morgan fingerprint density at radius 3 is 2.70 bits per heavy atom. The minimum atomic E-state index is -3.98. The zero-order valence-corrected chi connectivity index (χ0v) is 12.3. The van der Waals surface area contributed by atoms with E-state index >= 15 is 0 Å². The molecule has 0 bridgehead atoms. The van der Waals surface area contributed by atoms with Gasteiger partial charge >= 0.3 is 5.97 Å². The van der Waals surface area contributed by atoms with Crippen molar-refractivity contribution in [3.63, 3.8) is 0 Å². The van der Waals surface area contributed by atoms with Gasteiger partial charge in [-0.05, 0) is 13.8 Å². The van der Waals surface area contributed by atoms with Gasteiger partial charge in [0.1, 0.15) is 27.0 Å². The number of hydrogen-bond donors (Lipinski definition) is 2. The molecule has 0 fully saturated rings. The van der Waals surface area contributed by atoms with Crippen molar-refractivity contribution < 1.29 is 22.7 Å². The van der Waals surface area contributed by atoms with Crippen LogP contribution in [0.3, 0.4) is 0 Å². The summed E-state index contributed by atoms with van der Waals surface area (Å²) in [6, 6.07) is 0. The number of nitrogens with one attached hydrogen (secondary N) is 1. The molecule has 0 amide bonds. The van der Waals surface area contributed by atoms with Crippen LogP contribution < -0.4 is 4.72 Å². The number of aromatic nitrogens is 1. The second-order valence-electron chi connectivity index (χ2n) is 3.97. The number of sulfonamides is 1. The lowest BCUT2D eigenvalue weighted by Crippen LogP contribution is -2.25. The average molecular weight is 316 g/mol. The number of aryl methyl sites for hydroxylation is 2. The van der Waals surface area contributed by atoms with Gasteiger partial charge in [0.15, 0.2) is 0 Å². The maximum Gasteiger partial charge on any atom is 0.340 e. The summed E-state index contributed by atoms with van der Waals surface area (Å²) in [7, 11) is -3.98. The summed E-state index contributed by atoms with van der Waals surface area (Å²) < 4.78 is 31.9. The molecule has 0 aliphatic heterocycles. The van der Waals surface area contributed by atoms with Crippen LogP contribution in [0.5, 0.6) is 0 Å². The van der Waals surface area contributed by atoms with Gasteiger partial charge in [-0.25, -0.2) is 22.9 Å². The molecular weight excluding hydrogens is 304 g/mol. The monoisotopic (exact) mass is 316 g/mol. The number of carboxylic acid groups (broad SMARTS) is 1. The fraction of sp³-hybridized carbons (Fsp3) is 0.273. The Labute approximate surface area is 119 Å². The summed E-state index contributed by atoms with van der Waals surface area (Å²) in [5.41, 5.74) is -0.339. The number of aromatic carboxylic acids is 1. The van der Waals surface area contributed by atoms with Gasteiger partial charge in [0.25, 0.3) is 0 Å². The van der Waals surface area contributed by atoms with Crippen molar-refractivity contribution in [3.05, 3.63) is 33.7 Å². The van der Waals surface area contributed by atoms with E-state index < -0.39 is 16.0 Å². The molecule has 2 heterocycles. The minimum absolute atomic E-state index is 0.00271. The smallest absolute Gasteiger partial charge is 0.340 e. The van der Waals surface area contributed by atoms with E-state index in [1.54, 1.807) is 11.6 Å². The molecule has 108 valence electrons. The largest absolute Gasteiger partial charge is 0.478 e. The Balaban J connectivity index is 2.37. The molecule has 20 heavy (non-hydrogen) atoms. The van der Waals surface area contributed by atoms with Crippen LogP contribution in [0.1, 0.15) is 26.9 Å². The van der Waals surface area contributed by atoms with Crippen LogP contribution in [0, 0.1) is 13.8 Å². The van der Waals surface area contributed by atoms with Crippen LogP contribution in [0.25, 0.3) is 0 Å². The average Bonchev–Trinajstić information content (AvgIpc) is 2.94. The molecule has 9 heteroatoms. The standard InChI is InChI=1S/C11H12N2O5S2/c1-6-9(11(14)15)10(7(2)18-6)20(16,17)13-5-8-12-3-4-19-8/h3-4,13H,5H2,1-2H3,(H,14,15). The number of nitrogens with zero attached hydrogens (tertiary/aromatic N) is 1. The van der Waals surface area contributed by atoms with Crippen molar-refractivity contribution in [1.29, 1.82) is 0 Å². The topological polar surface area (TPSA) is 110 Å². The van der Waals surface area contributed by atoms with Crippen LogP contribution in [0.2, 0.25) is 0 Å². The Morgan fingerprint density at radius 1 is 1.45 bits per heavy atom. The van der Waals surface area contributed by atoms with Gasteiger partial charge in [-0.15, -0.1) is 11.3 Å². The first-order valence-corrected chi connectivity index (χ1v) is 7.90. The van der Waals surface area contributed by atoms with Crippen LogP contribution >= 0.6 is 11.3 Å². The summed E-state index contributed by atoms with van der Waals surface area (Å²) in [5.74, 6) is -1.23. The van der Waals surface area contributed by atoms with Crippen LogP contribution in [0.4, 0.5) is 0 Å². The quantitative estimate of drug-likeness (QED) is 0.865. The molecule has 0 unspecified atom stereocenters. The number of carboxylic acids is 1. The van der Waals surface area contributed by atoms with Gasteiger partial charge in [0.2, 0.25) is 10.0 Å². The maximum absolute atomic E-state index is 12.2. The minimum Gasteiger partial charge on any atom is -0.478 e. The summed E-state index contributed by atoms with van der Waals surface area (Å²) in [6.45, 7) is 2.83. The molecular formula is C11H12N2O5S2.